The number of fused-ring (bicyclic) bond motifs is 1. The Morgan fingerprint density at radius 1 is 1.32 bits per heavy atom. The number of halogens is 2. The number of likely N-dealkylation sites (tertiary alicyclic amines) is 1. The molecule has 3 heterocycles. The summed E-state index contributed by atoms with van der Waals surface area (Å²) in [5.41, 5.74) is 2.03. The molecule has 1 saturated heterocycles. The Hall–Kier alpha value is -3.13. The Morgan fingerprint density at radius 3 is 2.94 bits per heavy atom. The lowest BCUT2D eigenvalue weighted by atomic mass is 10.0. The number of aromatic amines is 1. The SMILES string of the molecule is CN(C(=O)NCc1cc2cc(Cl)ccc2[nH]1)[C@@H]1CCCN(C(=O)c2ccc(F)cn2)C1. The predicted molar refractivity (Wildman–Crippen MR) is 116 cm³/mol. The minimum Gasteiger partial charge on any atom is -0.357 e. The van der Waals surface area contributed by atoms with E-state index in [1.54, 1.807) is 16.8 Å². The van der Waals surface area contributed by atoms with Crippen LogP contribution in [0, 0.1) is 5.82 Å². The van der Waals surface area contributed by atoms with Crippen LogP contribution in [0.4, 0.5) is 9.18 Å². The first-order valence-electron chi connectivity index (χ1n) is 10.1. The van der Waals surface area contributed by atoms with Crippen molar-refractivity contribution in [1.29, 1.82) is 0 Å². The van der Waals surface area contributed by atoms with E-state index in [1.165, 1.54) is 12.1 Å². The van der Waals surface area contributed by atoms with Gasteiger partial charge in [0.15, 0.2) is 0 Å². The van der Waals surface area contributed by atoms with Crippen molar-refractivity contribution in [1.82, 2.24) is 25.1 Å². The molecule has 0 spiro atoms. The molecule has 7 nitrogen and oxygen atoms in total. The number of carbonyl (C=O) groups excluding carboxylic acids is 2. The fourth-order valence-electron chi connectivity index (χ4n) is 3.84. The Morgan fingerprint density at radius 2 is 2.16 bits per heavy atom. The van der Waals surface area contributed by atoms with Crippen molar-refractivity contribution < 1.29 is 14.0 Å². The molecule has 0 bridgehead atoms. The zero-order valence-electron chi connectivity index (χ0n) is 17.1. The van der Waals surface area contributed by atoms with Crippen LogP contribution in [0.1, 0.15) is 29.0 Å². The quantitative estimate of drug-likeness (QED) is 0.643. The zero-order chi connectivity index (χ0) is 22.0. The van der Waals surface area contributed by atoms with Crippen LogP contribution in [0.2, 0.25) is 5.02 Å². The molecular formula is C22H23ClFN5O2. The van der Waals surface area contributed by atoms with Gasteiger partial charge in [0.25, 0.3) is 5.91 Å². The molecule has 1 aliphatic rings. The van der Waals surface area contributed by atoms with Crippen LogP contribution in [-0.2, 0) is 6.54 Å². The van der Waals surface area contributed by atoms with Gasteiger partial charge in [-0.1, -0.05) is 11.6 Å². The highest BCUT2D eigenvalue weighted by Crippen LogP contribution is 2.20. The van der Waals surface area contributed by atoms with E-state index in [2.05, 4.69) is 15.3 Å². The lowest BCUT2D eigenvalue weighted by molar-refractivity contribution is 0.0630. The number of nitrogens with zero attached hydrogens (tertiary/aromatic N) is 3. The maximum atomic E-state index is 13.1. The maximum Gasteiger partial charge on any atom is 0.317 e. The Bertz CT molecular complexity index is 1100. The topological polar surface area (TPSA) is 81.3 Å². The number of amides is 3. The molecule has 9 heteroatoms. The van der Waals surface area contributed by atoms with Gasteiger partial charge >= 0.3 is 6.03 Å². The molecule has 162 valence electrons. The number of likely N-dealkylation sites (N-methyl/N-ethyl adjacent to an activating group) is 1. The lowest BCUT2D eigenvalue weighted by Gasteiger charge is -2.37. The van der Waals surface area contributed by atoms with Crippen LogP contribution >= 0.6 is 11.6 Å². The van der Waals surface area contributed by atoms with Crippen molar-refractivity contribution in [2.45, 2.75) is 25.4 Å². The van der Waals surface area contributed by atoms with E-state index >= 15 is 0 Å². The average molecular weight is 444 g/mol. The van der Waals surface area contributed by atoms with Gasteiger partial charge in [-0.05, 0) is 49.2 Å². The van der Waals surface area contributed by atoms with Gasteiger partial charge in [-0.3, -0.25) is 4.79 Å². The van der Waals surface area contributed by atoms with Gasteiger partial charge in [0.2, 0.25) is 0 Å². The number of nitrogens with one attached hydrogen (secondary N) is 2. The Kier molecular flexibility index (Phi) is 6.08. The number of H-pyrrole nitrogens is 1. The smallest absolute Gasteiger partial charge is 0.317 e. The van der Waals surface area contributed by atoms with Gasteiger partial charge in [0.05, 0.1) is 18.8 Å². The van der Waals surface area contributed by atoms with Gasteiger partial charge in [0.1, 0.15) is 11.5 Å². The fraction of sp³-hybridized carbons (Fsp3) is 0.318. The number of piperidine rings is 1. The second-order valence-electron chi connectivity index (χ2n) is 7.70. The summed E-state index contributed by atoms with van der Waals surface area (Å²) in [5.74, 6) is -0.738. The standard InChI is InChI=1S/C22H23ClFN5O2/c1-28(22(31)26-12-17-10-14-9-15(23)4-6-19(14)27-17)18-3-2-8-29(13-18)21(30)20-7-5-16(24)11-25-20/h4-7,9-11,18,27H,2-3,8,12-13H2,1H3,(H,26,31)/t18-/m1/s1. The molecule has 1 fully saturated rings. The number of rotatable bonds is 4. The van der Waals surface area contributed by atoms with Crippen LogP contribution < -0.4 is 5.32 Å². The van der Waals surface area contributed by atoms with E-state index in [-0.39, 0.29) is 23.7 Å². The highest BCUT2D eigenvalue weighted by molar-refractivity contribution is 6.31. The molecule has 0 unspecified atom stereocenters. The number of hydrogen-bond donors (Lipinski definition) is 2. The van der Waals surface area contributed by atoms with E-state index in [0.717, 1.165) is 35.6 Å². The summed E-state index contributed by atoms with van der Waals surface area (Å²) in [6, 6.07) is 9.82. The average Bonchev–Trinajstić information content (AvgIpc) is 3.19. The minimum absolute atomic E-state index is 0.111. The fourth-order valence-corrected chi connectivity index (χ4v) is 4.02. The van der Waals surface area contributed by atoms with Crippen LogP contribution in [0.15, 0.2) is 42.6 Å². The monoisotopic (exact) mass is 443 g/mol. The summed E-state index contributed by atoms with van der Waals surface area (Å²) in [4.78, 5) is 35.8. The first-order valence-corrected chi connectivity index (χ1v) is 10.5. The van der Waals surface area contributed by atoms with Crippen molar-refractivity contribution in [2.75, 3.05) is 20.1 Å². The minimum atomic E-state index is -0.484. The molecule has 1 atom stereocenters. The van der Waals surface area contributed by atoms with Gasteiger partial charge in [-0.15, -0.1) is 0 Å². The van der Waals surface area contributed by atoms with Gasteiger partial charge in [0, 0.05) is 41.8 Å². The first-order chi connectivity index (χ1) is 14.9. The highest BCUT2D eigenvalue weighted by Gasteiger charge is 2.29. The Balaban J connectivity index is 1.35. The summed E-state index contributed by atoms with van der Waals surface area (Å²) >= 11 is 6.02. The zero-order valence-corrected chi connectivity index (χ0v) is 17.8. The van der Waals surface area contributed by atoms with E-state index in [1.807, 2.05) is 24.3 Å². The summed E-state index contributed by atoms with van der Waals surface area (Å²) in [7, 11) is 1.73. The van der Waals surface area contributed by atoms with Crippen molar-refractivity contribution in [3.05, 3.63) is 64.8 Å². The molecule has 0 saturated carbocycles. The molecular weight excluding hydrogens is 421 g/mol. The van der Waals surface area contributed by atoms with Gasteiger partial charge < -0.3 is 20.1 Å². The number of aromatic nitrogens is 2. The molecule has 0 aliphatic carbocycles. The molecule has 4 rings (SSSR count). The van der Waals surface area contributed by atoms with Gasteiger partial charge in [-0.2, -0.15) is 0 Å². The largest absolute Gasteiger partial charge is 0.357 e. The third kappa shape index (κ3) is 4.80. The molecule has 31 heavy (non-hydrogen) atoms. The summed E-state index contributed by atoms with van der Waals surface area (Å²) < 4.78 is 13.1. The second kappa shape index (κ2) is 8.93. The summed E-state index contributed by atoms with van der Waals surface area (Å²) in [6.07, 6.45) is 2.61. The van der Waals surface area contributed by atoms with Crippen molar-refractivity contribution in [3.63, 3.8) is 0 Å². The predicted octanol–water partition coefficient (Wildman–Crippen LogP) is 3.80. The number of benzene rings is 1. The van der Waals surface area contributed by atoms with Gasteiger partial charge in [-0.25, -0.2) is 14.2 Å². The van der Waals surface area contributed by atoms with E-state index in [4.69, 9.17) is 11.6 Å². The van der Waals surface area contributed by atoms with E-state index < -0.39 is 5.82 Å². The van der Waals surface area contributed by atoms with Crippen molar-refractivity contribution in [2.24, 2.45) is 0 Å². The molecule has 3 amide bonds. The van der Waals surface area contributed by atoms with Crippen LogP contribution in [-0.4, -0.2) is 57.9 Å². The molecule has 1 aliphatic heterocycles. The lowest BCUT2D eigenvalue weighted by Crippen LogP contribution is -2.52. The Labute approximate surface area is 184 Å². The number of urea groups is 1. The normalized spacial score (nSPS) is 16.4. The molecule has 2 N–H and O–H groups in total. The number of carbonyl (C=O) groups is 2. The summed E-state index contributed by atoms with van der Waals surface area (Å²) in [6.45, 7) is 1.35. The molecule has 1 aromatic carbocycles. The van der Waals surface area contributed by atoms with Crippen molar-refractivity contribution in [3.8, 4) is 0 Å². The third-order valence-electron chi connectivity index (χ3n) is 5.57. The van der Waals surface area contributed by atoms with E-state index in [9.17, 15) is 14.0 Å². The number of pyridine rings is 1. The van der Waals surface area contributed by atoms with Crippen LogP contribution in [0.25, 0.3) is 10.9 Å². The van der Waals surface area contributed by atoms with Crippen LogP contribution in [0.5, 0.6) is 0 Å². The first kappa shape index (κ1) is 21.1. The number of hydrogen-bond acceptors (Lipinski definition) is 3. The molecule has 0 radical (unpaired) electrons. The summed E-state index contributed by atoms with van der Waals surface area (Å²) in [5, 5.41) is 4.57. The maximum absolute atomic E-state index is 13.1. The molecule has 2 aromatic heterocycles. The van der Waals surface area contributed by atoms with E-state index in [0.29, 0.717) is 24.7 Å². The van der Waals surface area contributed by atoms with Crippen LogP contribution in [0.3, 0.4) is 0 Å². The highest BCUT2D eigenvalue weighted by atomic mass is 35.5. The third-order valence-corrected chi connectivity index (χ3v) is 5.80. The molecule has 3 aromatic rings. The second-order valence-corrected chi connectivity index (χ2v) is 8.14. The van der Waals surface area contributed by atoms with Crippen molar-refractivity contribution >= 4 is 34.4 Å².